The Morgan fingerprint density at radius 2 is 2.00 bits per heavy atom. The summed E-state index contributed by atoms with van der Waals surface area (Å²) in [6.45, 7) is 8.55. The first kappa shape index (κ1) is 20.4. The molecule has 0 unspecified atom stereocenters. The minimum atomic E-state index is 0.724. The summed E-state index contributed by atoms with van der Waals surface area (Å²) < 4.78 is 0. The van der Waals surface area contributed by atoms with E-state index in [1.165, 1.54) is 47.8 Å². The van der Waals surface area contributed by atoms with Crippen LogP contribution >= 0.6 is 11.3 Å². The fourth-order valence-electron chi connectivity index (χ4n) is 4.41. The van der Waals surface area contributed by atoms with Crippen LogP contribution in [0.15, 0.2) is 34.6 Å². The minimum Gasteiger partial charge on any atom is -0.356 e. The number of nitrogens with zero attached hydrogens (tertiary/aromatic N) is 4. The second-order valence-electron chi connectivity index (χ2n) is 8.17. The van der Waals surface area contributed by atoms with Crippen molar-refractivity contribution in [2.75, 3.05) is 33.2 Å². The lowest BCUT2D eigenvalue weighted by atomic mass is 9.96. The van der Waals surface area contributed by atoms with E-state index in [-0.39, 0.29) is 0 Å². The van der Waals surface area contributed by atoms with Gasteiger partial charge >= 0.3 is 0 Å². The summed E-state index contributed by atoms with van der Waals surface area (Å²) in [5.74, 6) is 1.78. The zero-order valence-corrected chi connectivity index (χ0v) is 18.5. The van der Waals surface area contributed by atoms with E-state index in [0.717, 1.165) is 50.9 Å². The van der Waals surface area contributed by atoms with E-state index in [4.69, 9.17) is 4.98 Å². The molecule has 2 aliphatic heterocycles. The van der Waals surface area contributed by atoms with Crippen molar-refractivity contribution in [3.05, 3.63) is 51.5 Å². The number of likely N-dealkylation sites (tertiary alicyclic amines) is 1. The topological polar surface area (TPSA) is 43.8 Å². The van der Waals surface area contributed by atoms with E-state index in [1.807, 2.05) is 7.05 Å². The first-order valence-electron chi connectivity index (χ1n) is 10.9. The lowest BCUT2D eigenvalue weighted by Gasteiger charge is -2.34. The molecule has 1 fully saturated rings. The van der Waals surface area contributed by atoms with Crippen molar-refractivity contribution >= 4 is 17.3 Å². The number of piperidine rings is 1. The second-order valence-corrected chi connectivity index (χ2v) is 9.12. The van der Waals surface area contributed by atoms with E-state index in [9.17, 15) is 0 Å². The summed E-state index contributed by atoms with van der Waals surface area (Å²) in [4.78, 5) is 14.2. The predicted molar refractivity (Wildman–Crippen MR) is 121 cm³/mol. The highest BCUT2D eigenvalue weighted by molar-refractivity contribution is 7.09. The Morgan fingerprint density at radius 1 is 1.21 bits per heavy atom. The van der Waals surface area contributed by atoms with Gasteiger partial charge in [0.1, 0.15) is 0 Å². The Bertz CT molecular complexity index is 822. The van der Waals surface area contributed by atoms with Gasteiger partial charge in [-0.25, -0.2) is 4.98 Å². The number of thiazole rings is 1. The third-order valence-corrected chi connectivity index (χ3v) is 7.23. The van der Waals surface area contributed by atoms with Crippen LogP contribution in [0.25, 0.3) is 0 Å². The normalized spacial score (nSPS) is 18.7. The van der Waals surface area contributed by atoms with Crippen molar-refractivity contribution in [2.45, 2.75) is 45.7 Å². The van der Waals surface area contributed by atoms with Crippen LogP contribution in [0.1, 0.15) is 41.6 Å². The van der Waals surface area contributed by atoms with Crippen LogP contribution in [0.2, 0.25) is 0 Å². The van der Waals surface area contributed by atoms with Crippen LogP contribution < -0.4 is 5.32 Å². The number of hydrogen-bond acceptors (Lipinski definition) is 4. The zero-order chi connectivity index (χ0) is 20.1. The molecular weight excluding hydrogens is 378 g/mol. The number of nitrogens with one attached hydrogen (secondary N) is 1. The van der Waals surface area contributed by atoms with Crippen molar-refractivity contribution in [3.63, 3.8) is 0 Å². The first-order chi connectivity index (χ1) is 14.2. The van der Waals surface area contributed by atoms with Gasteiger partial charge in [0.2, 0.25) is 0 Å². The standard InChI is InChI=1S/C23H33N5S/c1-3-22-26-21(17-29-22)16-27-11-8-18(9-12-27)14-25-23(24-2)28-13-10-19-6-4-5-7-20(19)15-28/h4-7,17-18H,3,8-16H2,1-2H3,(H,24,25). The molecule has 156 valence electrons. The summed E-state index contributed by atoms with van der Waals surface area (Å²) in [5, 5.41) is 7.15. The van der Waals surface area contributed by atoms with E-state index in [1.54, 1.807) is 11.3 Å². The molecule has 29 heavy (non-hydrogen) atoms. The van der Waals surface area contributed by atoms with Crippen molar-refractivity contribution < 1.29 is 0 Å². The van der Waals surface area contributed by atoms with Gasteiger partial charge in [0.15, 0.2) is 5.96 Å². The van der Waals surface area contributed by atoms with Gasteiger partial charge < -0.3 is 10.2 Å². The quantitative estimate of drug-likeness (QED) is 0.604. The number of aromatic nitrogens is 1. The van der Waals surface area contributed by atoms with E-state index in [0.29, 0.717) is 0 Å². The fourth-order valence-corrected chi connectivity index (χ4v) is 5.14. The Balaban J connectivity index is 1.22. The number of guanidine groups is 1. The van der Waals surface area contributed by atoms with E-state index < -0.39 is 0 Å². The third-order valence-electron chi connectivity index (χ3n) is 6.19. The maximum Gasteiger partial charge on any atom is 0.193 e. The summed E-state index contributed by atoms with van der Waals surface area (Å²) in [5.41, 5.74) is 4.16. The summed E-state index contributed by atoms with van der Waals surface area (Å²) in [6, 6.07) is 8.79. The molecule has 5 nitrogen and oxygen atoms in total. The van der Waals surface area contributed by atoms with Gasteiger partial charge in [-0.2, -0.15) is 0 Å². The SMILES string of the molecule is CCc1nc(CN2CCC(CNC(=NC)N3CCc4ccccc4C3)CC2)cs1. The molecule has 0 aliphatic carbocycles. The van der Waals surface area contributed by atoms with Gasteiger partial charge in [0.05, 0.1) is 10.7 Å². The van der Waals surface area contributed by atoms with Gasteiger partial charge in [0.25, 0.3) is 0 Å². The highest BCUT2D eigenvalue weighted by Gasteiger charge is 2.22. The number of aryl methyl sites for hydroxylation is 1. The molecule has 0 bridgehead atoms. The second kappa shape index (κ2) is 9.72. The minimum absolute atomic E-state index is 0.724. The van der Waals surface area contributed by atoms with Crippen LogP contribution in [-0.2, 0) is 25.9 Å². The summed E-state index contributed by atoms with van der Waals surface area (Å²) >= 11 is 1.80. The predicted octanol–water partition coefficient (Wildman–Crippen LogP) is 3.55. The Kier molecular flexibility index (Phi) is 6.82. The largest absolute Gasteiger partial charge is 0.356 e. The summed E-state index contributed by atoms with van der Waals surface area (Å²) in [6.07, 6.45) is 4.64. The molecule has 0 radical (unpaired) electrons. The van der Waals surface area contributed by atoms with Crippen molar-refractivity contribution in [3.8, 4) is 0 Å². The molecule has 6 heteroatoms. The van der Waals surface area contributed by atoms with Gasteiger partial charge in [-0.3, -0.25) is 9.89 Å². The van der Waals surface area contributed by atoms with Crippen molar-refractivity contribution in [1.29, 1.82) is 0 Å². The van der Waals surface area contributed by atoms with Crippen molar-refractivity contribution in [2.24, 2.45) is 10.9 Å². The van der Waals surface area contributed by atoms with Crippen LogP contribution in [0.4, 0.5) is 0 Å². The van der Waals surface area contributed by atoms with Gasteiger partial charge in [-0.05, 0) is 55.8 Å². The first-order valence-corrected chi connectivity index (χ1v) is 11.8. The van der Waals surface area contributed by atoms with Crippen molar-refractivity contribution in [1.82, 2.24) is 20.1 Å². The van der Waals surface area contributed by atoms with Crippen LogP contribution in [-0.4, -0.2) is 54.0 Å². The number of aliphatic imine (C=N–C) groups is 1. The molecule has 1 aromatic carbocycles. The van der Waals surface area contributed by atoms with E-state index >= 15 is 0 Å². The molecule has 1 saturated heterocycles. The number of rotatable bonds is 5. The van der Waals surface area contributed by atoms with Crippen LogP contribution in [0.5, 0.6) is 0 Å². The smallest absolute Gasteiger partial charge is 0.193 e. The molecule has 2 aliphatic rings. The summed E-state index contributed by atoms with van der Waals surface area (Å²) in [7, 11) is 1.91. The molecule has 0 saturated carbocycles. The molecule has 1 aromatic heterocycles. The lowest BCUT2D eigenvalue weighted by molar-refractivity contribution is 0.176. The average molecular weight is 412 g/mol. The molecule has 0 spiro atoms. The Morgan fingerprint density at radius 3 is 2.72 bits per heavy atom. The molecule has 0 atom stereocenters. The van der Waals surface area contributed by atoms with Gasteiger partial charge in [0, 0.05) is 38.6 Å². The molecule has 0 amide bonds. The van der Waals surface area contributed by atoms with Crippen LogP contribution in [0.3, 0.4) is 0 Å². The maximum absolute atomic E-state index is 4.72. The van der Waals surface area contributed by atoms with E-state index in [2.05, 4.69) is 56.7 Å². The van der Waals surface area contributed by atoms with Gasteiger partial charge in [-0.1, -0.05) is 31.2 Å². The maximum atomic E-state index is 4.72. The average Bonchev–Trinajstić information content (AvgIpc) is 3.23. The fraction of sp³-hybridized carbons (Fsp3) is 0.565. The Labute approximate surface area is 178 Å². The zero-order valence-electron chi connectivity index (χ0n) is 17.7. The molecule has 1 N–H and O–H groups in total. The monoisotopic (exact) mass is 411 g/mol. The highest BCUT2D eigenvalue weighted by atomic mass is 32.1. The number of hydrogen-bond donors (Lipinski definition) is 1. The molecule has 2 aromatic rings. The lowest BCUT2D eigenvalue weighted by Crippen LogP contribution is -2.46. The highest BCUT2D eigenvalue weighted by Crippen LogP contribution is 2.21. The number of benzene rings is 1. The number of fused-ring (bicyclic) bond motifs is 1. The molecular formula is C23H33N5S. The Hall–Kier alpha value is -1.92. The van der Waals surface area contributed by atoms with Gasteiger partial charge in [-0.15, -0.1) is 11.3 Å². The van der Waals surface area contributed by atoms with Crippen LogP contribution in [0, 0.1) is 5.92 Å². The molecule has 4 rings (SSSR count). The molecule has 3 heterocycles. The third kappa shape index (κ3) is 5.17.